The largest absolute Gasteiger partial charge is 0.507 e. The molecule has 0 spiro atoms. The van der Waals surface area contributed by atoms with Crippen molar-refractivity contribution < 1.29 is 9.90 Å². The number of nitrogens with zero attached hydrogens (tertiary/aromatic N) is 1. The van der Waals surface area contributed by atoms with Crippen LogP contribution in [0.15, 0.2) is 45.5 Å². The number of aromatic nitrogens is 1. The molecule has 0 amide bonds. The summed E-state index contributed by atoms with van der Waals surface area (Å²) in [6.45, 7) is 0. The zero-order valence-corrected chi connectivity index (χ0v) is 12.8. The second kappa shape index (κ2) is 7.88. The molecule has 100 valence electrons. The molecule has 0 unspecified atom stereocenters. The number of pyridine rings is 1. The van der Waals surface area contributed by atoms with Gasteiger partial charge in [0.05, 0.1) is 5.56 Å². The average molecular weight is 389 g/mol. The van der Waals surface area contributed by atoms with E-state index in [-0.39, 0.29) is 5.75 Å². The van der Waals surface area contributed by atoms with Crippen LogP contribution in [0.25, 0.3) is 0 Å². The van der Waals surface area contributed by atoms with Crippen molar-refractivity contribution in [2.24, 2.45) is 5.84 Å². The van der Waals surface area contributed by atoms with Crippen molar-refractivity contribution in [1.82, 2.24) is 4.98 Å². The Morgan fingerprint density at radius 2 is 2.00 bits per heavy atom. The summed E-state index contributed by atoms with van der Waals surface area (Å²) < 4.78 is 1.56. The number of carbonyl (C=O) groups is 1. The fourth-order valence-electron chi connectivity index (χ4n) is 1.11. The van der Waals surface area contributed by atoms with Crippen LogP contribution in [0, 0.1) is 0 Å². The van der Waals surface area contributed by atoms with Crippen LogP contribution in [0.4, 0.5) is 5.82 Å². The molecule has 0 aliphatic heterocycles. The third-order valence-electron chi connectivity index (χ3n) is 1.98. The standard InChI is InChI=1S/C7H5BrO2.C5H6BrN3/c8-6-1-2-7(10)5(3-6)4-9;6-4-2-1-3-5(8-4)9-7/h1-4,10H;1-3H,7H2,(H,8,9). The lowest BCUT2D eigenvalue weighted by Crippen LogP contribution is -2.07. The molecule has 1 heterocycles. The quantitative estimate of drug-likeness (QED) is 0.318. The topological polar surface area (TPSA) is 88.2 Å². The number of hydrogen-bond donors (Lipinski definition) is 3. The summed E-state index contributed by atoms with van der Waals surface area (Å²) in [5.74, 6) is 5.75. The van der Waals surface area contributed by atoms with Crippen molar-refractivity contribution in [3.05, 3.63) is 51.0 Å². The lowest BCUT2D eigenvalue weighted by molar-refractivity contribution is 0.112. The number of nitrogen functional groups attached to an aromatic ring is 1. The van der Waals surface area contributed by atoms with Gasteiger partial charge in [0.25, 0.3) is 0 Å². The molecule has 1 aromatic heterocycles. The molecule has 0 aliphatic carbocycles. The lowest BCUT2D eigenvalue weighted by atomic mass is 10.2. The number of phenols is 1. The first kappa shape index (κ1) is 15.6. The van der Waals surface area contributed by atoms with E-state index in [1.54, 1.807) is 18.2 Å². The summed E-state index contributed by atoms with van der Waals surface area (Å²) >= 11 is 6.36. The van der Waals surface area contributed by atoms with Gasteiger partial charge < -0.3 is 10.5 Å². The van der Waals surface area contributed by atoms with E-state index in [9.17, 15) is 4.79 Å². The van der Waals surface area contributed by atoms with Gasteiger partial charge in [-0.1, -0.05) is 22.0 Å². The number of aromatic hydroxyl groups is 1. The lowest BCUT2D eigenvalue weighted by Gasteiger charge is -1.95. The number of rotatable bonds is 2. The van der Waals surface area contributed by atoms with Crippen LogP contribution in [0.5, 0.6) is 5.75 Å². The van der Waals surface area contributed by atoms with E-state index in [1.807, 2.05) is 12.1 Å². The Bertz CT molecular complexity index is 564. The normalized spacial score (nSPS) is 9.21. The molecule has 2 aromatic rings. The van der Waals surface area contributed by atoms with Crippen molar-refractivity contribution in [3.63, 3.8) is 0 Å². The minimum atomic E-state index is 0.0122. The minimum absolute atomic E-state index is 0.0122. The molecule has 0 aliphatic rings. The van der Waals surface area contributed by atoms with Crippen molar-refractivity contribution in [2.75, 3.05) is 5.43 Å². The molecule has 2 rings (SSSR count). The monoisotopic (exact) mass is 387 g/mol. The third kappa shape index (κ3) is 5.37. The Labute approximate surface area is 127 Å². The highest BCUT2D eigenvalue weighted by atomic mass is 79.9. The zero-order valence-electron chi connectivity index (χ0n) is 9.68. The molecule has 5 nitrogen and oxygen atoms in total. The first-order chi connectivity index (χ1) is 9.06. The number of benzene rings is 1. The second-order valence-corrected chi connectivity index (χ2v) is 5.04. The van der Waals surface area contributed by atoms with Crippen LogP contribution >= 0.6 is 31.9 Å². The number of halogens is 2. The smallest absolute Gasteiger partial charge is 0.153 e. The number of nitrogens with two attached hydrogens (primary N) is 1. The molecular formula is C12H11Br2N3O2. The van der Waals surface area contributed by atoms with Gasteiger partial charge in [-0.3, -0.25) is 4.79 Å². The molecule has 0 atom stereocenters. The summed E-state index contributed by atoms with van der Waals surface area (Å²) in [5, 5.41) is 8.98. The summed E-state index contributed by atoms with van der Waals surface area (Å²) in [6.07, 6.45) is 0.611. The highest BCUT2D eigenvalue weighted by molar-refractivity contribution is 9.10. The molecule has 0 saturated carbocycles. The highest BCUT2D eigenvalue weighted by Gasteiger charge is 1.97. The molecule has 0 radical (unpaired) electrons. The van der Waals surface area contributed by atoms with Crippen LogP contribution in [0.3, 0.4) is 0 Å². The zero-order chi connectivity index (χ0) is 14.3. The van der Waals surface area contributed by atoms with Crippen molar-refractivity contribution in [2.45, 2.75) is 0 Å². The van der Waals surface area contributed by atoms with Gasteiger partial charge in [0, 0.05) is 4.47 Å². The maximum atomic E-state index is 10.2. The van der Waals surface area contributed by atoms with Gasteiger partial charge in [-0.05, 0) is 46.3 Å². The Morgan fingerprint density at radius 3 is 2.47 bits per heavy atom. The second-order valence-electron chi connectivity index (χ2n) is 3.31. The Hall–Kier alpha value is -1.44. The molecule has 19 heavy (non-hydrogen) atoms. The fourth-order valence-corrected chi connectivity index (χ4v) is 1.83. The van der Waals surface area contributed by atoms with Crippen LogP contribution in [-0.2, 0) is 0 Å². The van der Waals surface area contributed by atoms with Crippen LogP contribution < -0.4 is 11.3 Å². The minimum Gasteiger partial charge on any atom is -0.507 e. The van der Waals surface area contributed by atoms with Gasteiger partial charge in [0.15, 0.2) is 6.29 Å². The maximum Gasteiger partial charge on any atom is 0.153 e. The van der Waals surface area contributed by atoms with Crippen molar-refractivity contribution in [1.29, 1.82) is 0 Å². The number of anilines is 1. The summed E-state index contributed by atoms with van der Waals surface area (Å²) in [6, 6.07) is 10.2. The number of nitrogens with one attached hydrogen (secondary N) is 1. The molecule has 1 aromatic carbocycles. The van der Waals surface area contributed by atoms with E-state index in [0.29, 0.717) is 17.7 Å². The molecule has 7 heteroatoms. The number of aldehydes is 1. The van der Waals surface area contributed by atoms with E-state index in [2.05, 4.69) is 42.3 Å². The number of hydrazine groups is 1. The van der Waals surface area contributed by atoms with E-state index in [1.165, 1.54) is 6.07 Å². The Kier molecular flexibility index (Phi) is 6.48. The molecular weight excluding hydrogens is 378 g/mol. The Balaban J connectivity index is 0.000000191. The SMILES string of the molecule is NNc1cccc(Br)n1.O=Cc1cc(Br)ccc1O. The predicted octanol–water partition coefficient (Wildman–Crippen LogP) is 3.10. The summed E-state index contributed by atoms with van der Waals surface area (Å²) in [5.41, 5.74) is 2.73. The predicted molar refractivity (Wildman–Crippen MR) is 80.9 cm³/mol. The molecule has 0 bridgehead atoms. The van der Waals surface area contributed by atoms with Crippen LogP contribution in [0.2, 0.25) is 0 Å². The van der Waals surface area contributed by atoms with Gasteiger partial charge in [-0.15, -0.1) is 0 Å². The van der Waals surface area contributed by atoms with Crippen LogP contribution in [-0.4, -0.2) is 16.4 Å². The van der Waals surface area contributed by atoms with Gasteiger partial charge in [0.2, 0.25) is 0 Å². The van der Waals surface area contributed by atoms with Crippen LogP contribution in [0.1, 0.15) is 10.4 Å². The summed E-state index contributed by atoms with van der Waals surface area (Å²) in [4.78, 5) is 14.2. The number of hydrogen-bond acceptors (Lipinski definition) is 5. The van der Waals surface area contributed by atoms with E-state index >= 15 is 0 Å². The van der Waals surface area contributed by atoms with E-state index in [4.69, 9.17) is 10.9 Å². The number of phenolic OH excluding ortho intramolecular Hbond substituents is 1. The van der Waals surface area contributed by atoms with Gasteiger partial charge >= 0.3 is 0 Å². The van der Waals surface area contributed by atoms with Gasteiger partial charge in [0.1, 0.15) is 16.2 Å². The first-order valence-electron chi connectivity index (χ1n) is 5.09. The third-order valence-corrected chi connectivity index (χ3v) is 2.91. The Morgan fingerprint density at radius 1 is 1.26 bits per heavy atom. The highest BCUT2D eigenvalue weighted by Crippen LogP contribution is 2.19. The molecule has 4 N–H and O–H groups in total. The van der Waals surface area contributed by atoms with Gasteiger partial charge in [-0.25, -0.2) is 10.8 Å². The van der Waals surface area contributed by atoms with E-state index in [0.717, 1.165) is 9.08 Å². The van der Waals surface area contributed by atoms with Gasteiger partial charge in [-0.2, -0.15) is 0 Å². The number of carbonyl (C=O) groups excluding carboxylic acids is 1. The van der Waals surface area contributed by atoms with E-state index < -0.39 is 0 Å². The molecule has 0 fully saturated rings. The fraction of sp³-hybridized carbons (Fsp3) is 0. The summed E-state index contributed by atoms with van der Waals surface area (Å²) in [7, 11) is 0. The maximum absolute atomic E-state index is 10.2. The molecule has 0 saturated heterocycles. The van der Waals surface area contributed by atoms with Crippen molar-refractivity contribution >= 4 is 44.0 Å². The average Bonchev–Trinajstić information content (AvgIpc) is 2.42. The first-order valence-corrected chi connectivity index (χ1v) is 6.68. The van der Waals surface area contributed by atoms with Crippen molar-refractivity contribution in [3.8, 4) is 5.75 Å².